The quantitative estimate of drug-likeness (QED) is 0.790. The highest BCUT2D eigenvalue weighted by Gasteiger charge is 2.13. The SMILES string of the molecule is Cc1ccc(SCC(O)c2cccc(Cl)c2Cl)cc1. The average molecular weight is 313 g/mol. The average Bonchev–Trinajstić information content (AvgIpc) is 2.41. The van der Waals surface area contributed by atoms with E-state index < -0.39 is 6.10 Å². The molecule has 0 spiro atoms. The summed E-state index contributed by atoms with van der Waals surface area (Å²) in [5, 5.41) is 11.1. The minimum atomic E-state index is -0.627. The Morgan fingerprint density at radius 1 is 1.11 bits per heavy atom. The normalized spacial score (nSPS) is 12.4. The van der Waals surface area contributed by atoms with Gasteiger partial charge in [0.05, 0.1) is 16.1 Å². The molecule has 0 fully saturated rings. The number of halogens is 2. The number of hydrogen-bond donors (Lipinski definition) is 1. The van der Waals surface area contributed by atoms with E-state index in [4.69, 9.17) is 23.2 Å². The highest BCUT2D eigenvalue weighted by atomic mass is 35.5. The second-order valence-electron chi connectivity index (χ2n) is 4.28. The van der Waals surface area contributed by atoms with Gasteiger partial charge in [0.1, 0.15) is 0 Å². The number of aliphatic hydroxyl groups excluding tert-OH is 1. The van der Waals surface area contributed by atoms with Gasteiger partial charge in [-0.1, -0.05) is 53.0 Å². The van der Waals surface area contributed by atoms with Crippen LogP contribution in [0.2, 0.25) is 10.0 Å². The van der Waals surface area contributed by atoms with Crippen LogP contribution in [0.5, 0.6) is 0 Å². The zero-order valence-electron chi connectivity index (χ0n) is 10.4. The molecule has 2 aromatic rings. The van der Waals surface area contributed by atoms with E-state index in [2.05, 4.69) is 19.1 Å². The molecule has 4 heteroatoms. The molecule has 0 saturated heterocycles. The van der Waals surface area contributed by atoms with Crippen LogP contribution in [0.15, 0.2) is 47.4 Å². The van der Waals surface area contributed by atoms with Gasteiger partial charge >= 0.3 is 0 Å². The van der Waals surface area contributed by atoms with Crippen LogP contribution in [0.1, 0.15) is 17.2 Å². The van der Waals surface area contributed by atoms with Crippen LogP contribution in [-0.2, 0) is 0 Å². The molecular formula is C15H14Cl2OS. The summed E-state index contributed by atoms with van der Waals surface area (Å²) in [6, 6.07) is 13.5. The van der Waals surface area contributed by atoms with Crippen molar-refractivity contribution in [2.45, 2.75) is 17.9 Å². The first-order valence-corrected chi connectivity index (χ1v) is 7.63. The molecule has 0 heterocycles. The molecule has 2 aromatic carbocycles. The Balaban J connectivity index is 2.03. The summed E-state index contributed by atoms with van der Waals surface area (Å²) in [5.41, 5.74) is 1.90. The third-order valence-electron chi connectivity index (χ3n) is 2.77. The molecule has 0 aliphatic carbocycles. The number of aliphatic hydroxyl groups is 1. The molecule has 0 saturated carbocycles. The molecule has 1 nitrogen and oxygen atoms in total. The number of thioether (sulfide) groups is 1. The summed E-state index contributed by atoms with van der Waals surface area (Å²) in [5.74, 6) is 0.545. The van der Waals surface area contributed by atoms with Crippen molar-refractivity contribution in [1.29, 1.82) is 0 Å². The van der Waals surface area contributed by atoms with E-state index in [1.807, 2.05) is 12.1 Å². The smallest absolute Gasteiger partial charge is 0.0898 e. The molecule has 0 aromatic heterocycles. The third kappa shape index (κ3) is 3.90. The van der Waals surface area contributed by atoms with Crippen LogP contribution in [0, 0.1) is 6.92 Å². The van der Waals surface area contributed by atoms with Crippen molar-refractivity contribution in [3.8, 4) is 0 Å². The first-order chi connectivity index (χ1) is 9.08. The molecular weight excluding hydrogens is 299 g/mol. The summed E-state index contributed by atoms with van der Waals surface area (Å²) in [7, 11) is 0. The second kappa shape index (κ2) is 6.67. The largest absolute Gasteiger partial charge is 0.387 e. The number of aryl methyl sites for hydroxylation is 1. The molecule has 0 amide bonds. The lowest BCUT2D eigenvalue weighted by Crippen LogP contribution is -2.01. The monoisotopic (exact) mass is 312 g/mol. The standard InChI is InChI=1S/C15H14Cl2OS/c1-10-5-7-11(8-6-10)19-9-14(18)12-3-2-4-13(16)15(12)17/h2-8,14,18H,9H2,1H3. The Bertz CT molecular complexity index is 555. The van der Waals surface area contributed by atoms with Gasteiger partial charge in [0.2, 0.25) is 0 Å². The fraction of sp³-hybridized carbons (Fsp3) is 0.200. The summed E-state index contributed by atoms with van der Waals surface area (Å²) in [4.78, 5) is 1.13. The lowest BCUT2D eigenvalue weighted by Gasteiger charge is -2.13. The van der Waals surface area contributed by atoms with Crippen LogP contribution in [0.3, 0.4) is 0 Å². The zero-order valence-corrected chi connectivity index (χ0v) is 12.8. The fourth-order valence-electron chi connectivity index (χ4n) is 1.68. The van der Waals surface area contributed by atoms with E-state index in [1.54, 1.807) is 30.0 Å². The van der Waals surface area contributed by atoms with Gasteiger partial charge < -0.3 is 5.11 Å². The number of rotatable bonds is 4. The van der Waals surface area contributed by atoms with Crippen LogP contribution >= 0.6 is 35.0 Å². The minimum absolute atomic E-state index is 0.432. The Labute approximate surface area is 127 Å². The molecule has 1 atom stereocenters. The third-order valence-corrected chi connectivity index (χ3v) is 4.69. The van der Waals surface area contributed by atoms with Crippen molar-refractivity contribution in [3.63, 3.8) is 0 Å². The molecule has 0 aliphatic heterocycles. The van der Waals surface area contributed by atoms with Gasteiger partial charge in [-0.25, -0.2) is 0 Å². The molecule has 0 aliphatic rings. The summed E-state index contributed by atoms with van der Waals surface area (Å²) >= 11 is 13.6. The van der Waals surface area contributed by atoms with Crippen molar-refractivity contribution in [3.05, 3.63) is 63.6 Å². The van der Waals surface area contributed by atoms with Gasteiger partial charge in [0.25, 0.3) is 0 Å². The highest BCUT2D eigenvalue weighted by molar-refractivity contribution is 7.99. The van der Waals surface area contributed by atoms with Gasteiger partial charge in [0.15, 0.2) is 0 Å². The molecule has 0 radical (unpaired) electrons. The van der Waals surface area contributed by atoms with Crippen molar-refractivity contribution in [2.24, 2.45) is 0 Å². The van der Waals surface area contributed by atoms with E-state index in [0.29, 0.717) is 21.4 Å². The summed E-state index contributed by atoms with van der Waals surface area (Å²) in [6.45, 7) is 2.05. The molecule has 2 rings (SSSR count). The van der Waals surface area contributed by atoms with Gasteiger partial charge in [0, 0.05) is 16.2 Å². The Kier molecular flexibility index (Phi) is 5.17. The number of hydrogen-bond acceptors (Lipinski definition) is 2. The van der Waals surface area contributed by atoms with Crippen LogP contribution in [-0.4, -0.2) is 10.9 Å². The van der Waals surface area contributed by atoms with Gasteiger partial charge in [-0.15, -0.1) is 11.8 Å². The maximum Gasteiger partial charge on any atom is 0.0898 e. The van der Waals surface area contributed by atoms with E-state index in [-0.39, 0.29) is 0 Å². The molecule has 19 heavy (non-hydrogen) atoms. The Hall–Kier alpha value is -0.670. The zero-order chi connectivity index (χ0) is 13.8. The lowest BCUT2D eigenvalue weighted by atomic mass is 10.1. The van der Waals surface area contributed by atoms with E-state index in [0.717, 1.165) is 4.90 Å². The van der Waals surface area contributed by atoms with E-state index >= 15 is 0 Å². The molecule has 100 valence electrons. The van der Waals surface area contributed by atoms with Crippen molar-refractivity contribution >= 4 is 35.0 Å². The van der Waals surface area contributed by atoms with Crippen LogP contribution < -0.4 is 0 Å². The number of benzene rings is 2. The van der Waals surface area contributed by atoms with Gasteiger partial charge in [-0.3, -0.25) is 0 Å². The fourth-order valence-corrected chi connectivity index (χ4v) is 2.97. The topological polar surface area (TPSA) is 20.2 Å². The van der Waals surface area contributed by atoms with Crippen molar-refractivity contribution in [2.75, 3.05) is 5.75 Å². The molecule has 0 bridgehead atoms. The predicted molar refractivity (Wildman–Crippen MR) is 83.3 cm³/mol. The summed E-state index contributed by atoms with van der Waals surface area (Å²) < 4.78 is 0. The molecule has 1 unspecified atom stereocenters. The minimum Gasteiger partial charge on any atom is -0.387 e. The second-order valence-corrected chi connectivity index (χ2v) is 6.16. The Morgan fingerprint density at radius 2 is 1.79 bits per heavy atom. The van der Waals surface area contributed by atoms with E-state index in [1.165, 1.54) is 5.56 Å². The lowest BCUT2D eigenvalue weighted by molar-refractivity contribution is 0.204. The van der Waals surface area contributed by atoms with Crippen molar-refractivity contribution in [1.82, 2.24) is 0 Å². The first kappa shape index (κ1) is 14.7. The van der Waals surface area contributed by atoms with Gasteiger partial charge in [-0.05, 0) is 25.1 Å². The first-order valence-electron chi connectivity index (χ1n) is 5.89. The van der Waals surface area contributed by atoms with Crippen molar-refractivity contribution < 1.29 is 5.11 Å². The maximum absolute atomic E-state index is 10.2. The van der Waals surface area contributed by atoms with Crippen LogP contribution in [0.4, 0.5) is 0 Å². The predicted octanol–water partition coefficient (Wildman–Crippen LogP) is 5.13. The maximum atomic E-state index is 10.2. The van der Waals surface area contributed by atoms with E-state index in [9.17, 15) is 5.11 Å². The molecule has 1 N–H and O–H groups in total. The van der Waals surface area contributed by atoms with Crippen LogP contribution in [0.25, 0.3) is 0 Å². The van der Waals surface area contributed by atoms with Gasteiger partial charge in [-0.2, -0.15) is 0 Å². The highest BCUT2D eigenvalue weighted by Crippen LogP contribution is 2.32. The Morgan fingerprint density at radius 3 is 2.47 bits per heavy atom. The summed E-state index contributed by atoms with van der Waals surface area (Å²) in [6.07, 6.45) is -0.627.